The highest BCUT2D eigenvalue weighted by molar-refractivity contribution is 5.78. The fourth-order valence-electron chi connectivity index (χ4n) is 2.85. The first-order valence-electron chi connectivity index (χ1n) is 8.01. The topological polar surface area (TPSA) is 41.1 Å². The Labute approximate surface area is 128 Å². The van der Waals surface area contributed by atoms with Crippen molar-refractivity contribution in [1.82, 2.24) is 10.6 Å². The number of nitrogens with one attached hydrogen (secondary N) is 2. The van der Waals surface area contributed by atoms with Gasteiger partial charge in [0.05, 0.1) is 6.54 Å². The lowest BCUT2D eigenvalue weighted by Crippen LogP contribution is -2.45. The zero-order chi connectivity index (χ0) is 15.5. The van der Waals surface area contributed by atoms with E-state index in [1.54, 1.807) is 0 Å². The molecule has 1 atom stereocenters. The van der Waals surface area contributed by atoms with Crippen LogP contribution in [0.25, 0.3) is 0 Å². The molecule has 1 aromatic carbocycles. The molecule has 1 aromatic rings. The van der Waals surface area contributed by atoms with Gasteiger partial charge in [0.2, 0.25) is 5.91 Å². The van der Waals surface area contributed by atoms with E-state index in [1.807, 2.05) is 20.8 Å². The van der Waals surface area contributed by atoms with E-state index >= 15 is 0 Å². The van der Waals surface area contributed by atoms with Gasteiger partial charge in [0.15, 0.2) is 0 Å². The SMILES string of the molecule is CC(NCC(=O)NC(C)(C)C)c1ccc2c(c1)CCCC2. The van der Waals surface area contributed by atoms with Gasteiger partial charge in [-0.25, -0.2) is 0 Å². The average Bonchev–Trinajstić information content (AvgIpc) is 2.42. The summed E-state index contributed by atoms with van der Waals surface area (Å²) >= 11 is 0. The minimum atomic E-state index is -0.173. The number of amides is 1. The maximum Gasteiger partial charge on any atom is 0.234 e. The Balaban J connectivity index is 1.91. The van der Waals surface area contributed by atoms with Crippen molar-refractivity contribution in [2.24, 2.45) is 0 Å². The number of benzene rings is 1. The zero-order valence-corrected chi connectivity index (χ0v) is 13.8. The second-order valence-corrected chi connectivity index (χ2v) is 7.14. The lowest BCUT2D eigenvalue weighted by atomic mass is 9.89. The molecule has 2 N–H and O–H groups in total. The van der Waals surface area contributed by atoms with Crippen molar-refractivity contribution in [3.05, 3.63) is 34.9 Å². The highest BCUT2D eigenvalue weighted by Crippen LogP contribution is 2.24. The van der Waals surface area contributed by atoms with Crippen molar-refractivity contribution in [2.45, 2.75) is 65.0 Å². The Kier molecular flexibility index (Phi) is 5.04. The minimum Gasteiger partial charge on any atom is -0.350 e. The van der Waals surface area contributed by atoms with Crippen molar-refractivity contribution < 1.29 is 4.79 Å². The molecule has 0 spiro atoms. The molecule has 0 saturated carbocycles. The maximum atomic E-state index is 11.9. The van der Waals surface area contributed by atoms with E-state index in [-0.39, 0.29) is 17.5 Å². The van der Waals surface area contributed by atoms with Crippen molar-refractivity contribution in [3.8, 4) is 0 Å². The van der Waals surface area contributed by atoms with Crippen LogP contribution in [0.5, 0.6) is 0 Å². The van der Waals surface area contributed by atoms with Gasteiger partial charge < -0.3 is 10.6 Å². The van der Waals surface area contributed by atoms with E-state index in [0.717, 1.165) is 0 Å². The molecule has 0 bridgehead atoms. The molecule has 21 heavy (non-hydrogen) atoms. The number of carbonyl (C=O) groups excluding carboxylic acids is 1. The first-order chi connectivity index (χ1) is 9.85. The quantitative estimate of drug-likeness (QED) is 0.893. The Morgan fingerprint density at radius 1 is 1.19 bits per heavy atom. The molecular weight excluding hydrogens is 260 g/mol. The summed E-state index contributed by atoms with van der Waals surface area (Å²) in [5.74, 6) is 0.0484. The standard InChI is InChI=1S/C18H28N2O/c1-13(19-12-17(21)20-18(2,3)4)15-10-9-14-7-5-6-8-16(14)11-15/h9-11,13,19H,5-8,12H2,1-4H3,(H,20,21). The van der Waals surface area contributed by atoms with E-state index in [2.05, 4.69) is 35.8 Å². The van der Waals surface area contributed by atoms with Gasteiger partial charge in [-0.05, 0) is 70.1 Å². The number of hydrogen-bond donors (Lipinski definition) is 2. The third-order valence-electron chi connectivity index (χ3n) is 3.96. The number of fused-ring (bicyclic) bond motifs is 1. The molecule has 0 fully saturated rings. The van der Waals surface area contributed by atoms with Gasteiger partial charge in [0.1, 0.15) is 0 Å². The van der Waals surface area contributed by atoms with Crippen LogP contribution in [0.4, 0.5) is 0 Å². The summed E-state index contributed by atoms with van der Waals surface area (Å²) in [7, 11) is 0. The second-order valence-electron chi connectivity index (χ2n) is 7.14. The molecule has 0 saturated heterocycles. The molecule has 0 aromatic heterocycles. The van der Waals surface area contributed by atoms with E-state index in [1.165, 1.54) is 42.4 Å². The summed E-state index contributed by atoms with van der Waals surface area (Å²) in [4.78, 5) is 11.9. The summed E-state index contributed by atoms with van der Waals surface area (Å²) in [5.41, 5.74) is 4.10. The van der Waals surface area contributed by atoms with E-state index in [9.17, 15) is 4.79 Å². The number of carbonyl (C=O) groups is 1. The van der Waals surface area contributed by atoms with Crippen LogP contribution in [0.2, 0.25) is 0 Å². The lowest BCUT2D eigenvalue weighted by molar-refractivity contribution is -0.121. The highest BCUT2D eigenvalue weighted by atomic mass is 16.2. The van der Waals surface area contributed by atoms with E-state index in [0.29, 0.717) is 6.54 Å². The molecule has 1 amide bonds. The van der Waals surface area contributed by atoms with Crippen LogP contribution in [0.1, 0.15) is 63.3 Å². The van der Waals surface area contributed by atoms with E-state index in [4.69, 9.17) is 0 Å². The van der Waals surface area contributed by atoms with E-state index < -0.39 is 0 Å². The van der Waals surface area contributed by atoms with Gasteiger partial charge >= 0.3 is 0 Å². The molecule has 1 aliphatic carbocycles. The van der Waals surface area contributed by atoms with Crippen LogP contribution in [0, 0.1) is 0 Å². The van der Waals surface area contributed by atoms with Crippen LogP contribution >= 0.6 is 0 Å². The third-order valence-corrected chi connectivity index (χ3v) is 3.96. The zero-order valence-electron chi connectivity index (χ0n) is 13.8. The Hall–Kier alpha value is -1.35. The fourth-order valence-corrected chi connectivity index (χ4v) is 2.85. The molecule has 0 heterocycles. The molecule has 2 rings (SSSR count). The van der Waals surface area contributed by atoms with Gasteiger partial charge in [0.25, 0.3) is 0 Å². The monoisotopic (exact) mass is 288 g/mol. The third kappa shape index (κ3) is 4.85. The van der Waals surface area contributed by atoms with Gasteiger partial charge in [-0.3, -0.25) is 4.79 Å². The second kappa shape index (κ2) is 6.61. The molecular formula is C18H28N2O. The first kappa shape index (κ1) is 16.0. The summed E-state index contributed by atoms with van der Waals surface area (Å²) < 4.78 is 0. The summed E-state index contributed by atoms with van der Waals surface area (Å²) in [6, 6.07) is 6.97. The van der Waals surface area contributed by atoms with Crippen molar-refractivity contribution in [3.63, 3.8) is 0 Å². The van der Waals surface area contributed by atoms with Crippen LogP contribution in [-0.2, 0) is 17.6 Å². The number of rotatable bonds is 4. The van der Waals surface area contributed by atoms with Gasteiger partial charge in [-0.1, -0.05) is 18.2 Å². The van der Waals surface area contributed by atoms with Crippen LogP contribution < -0.4 is 10.6 Å². The van der Waals surface area contributed by atoms with Crippen LogP contribution in [0.3, 0.4) is 0 Å². The van der Waals surface area contributed by atoms with Gasteiger partial charge in [-0.15, -0.1) is 0 Å². The summed E-state index contributed by atoms with van der Waals surface area (Å²) in [6.07, 6.45) is 5.02. The van der Waals surface area contributed by atoms with Crippen molar-refractivity contribution in [2.75, 3.05) is 6.54 Å². The van der Waals surface area contributed by atoms with Crippen LogP contribution in [0.15, 0.2) is 18.2 Å². The van der Waals surface area contributed by atoms with Crippen LogP contribution in [-0.4, -0.2) is 18.0 Å². The Morgan fingerprint density at radius 3 is 2.52 bits per heavy atom. The Morgan fingerprint density at radius 2 is 1.86 bits per heavy atom. The lowest BCUT2D eigenvalue weighted by Gasteiger charge is -2.22. The molecule has 0 aliphatic heterocycles. The largest absolute Gasteiger partial charge is 0.350 e. The summed E-state index contributed by atoms with van der Waals surface area (Å²) in [5, 5.41) is 6.29. The normalized spacial score (nSPS) is 16.2. The molecule has 0 radical (unpaired) electrons. The number of aryl methyl sites for hydroxylation is 2. The first-order valence-corrected chi connectivity index (χ1v) is 8.01. The fraction of sp³-hybridized carbons (Fsp3) is 0.611. The Bertz CT molecular complexity index is 502. The maximum absolute atomic E-state index is 11.9. The minimum absolute atomic E-state index is 0.0484. The molecule has 3 heteroatoms. The molecule has 116 valence electrons. The summed E-state index contributed by atoms with van der Waals surface area (Å²) in [6.45, 7) is 8.47. The highest BCUT2D eigenvalue weighted by Gasteiger charge is 2.15. The van der Waals surface area contributed by atoms with Crippen molar-refractivity contribution >= 4 is 5.91 Å². The predicted octanol–water partition coefficient (Wildman–Crippen LogP) is 3.13. The average molecular weight is 288 g/mol. The van der Waals surface area contributed by atoms with Gasteiger partial charge in [-0.2, -0.15) is 0 Å². The molecule has 1 unspecified atom stereocenters. The number of hydrogen-bond acceptors (Lipinski definition) is 2. The van der Waals surface area contributed by atoms with Gasteiger partial charge in [0, 0.05) is 11.6 Å². The predicted molar refractivity (Wildman–Crippen MR) is 87.4 cm³/mol. The van der Waals surface area contributed by atoms with Crippen molar-refractivity contribution in [1.29, 1.82) is 0 Å². The molecule has 1 aliphatic rings. The smallest absolute Gasteiger partial charge is 0.234 e. The molecule has 3 nitrogen and oxygen atoms in total.